The number of cyclic esters (lactones) is 1. The third kappa shape index (κ3) is 4.37. The molecule has 0 unspecified atom stereocenters. The molecule has 1 aromatic carbocycles. The zero-order chi connectivity index (χ0) is 20.1. The van der Waals surface area contributed by atoms with E-state index in [1.165, 1.54) is 26.4 Å². The number of hydrogen-bond acceptors (Lipinski definition) is 7. The third-order valence-electron chi connectivity index (χ3n) is 5.11. The SMILES string of the molecule is COc1cc(NC(=O)C2CCCCC2)c(C(=O)O[C@@H]2CCOC2=O)cc1OC. The van der Waals surface area contributed by atoms with Crippen molar-refractivity contribution < 1.29 is 33.3 Å². The lowest BCUT2D eigenvalue weighted by molar-refractivity contribution is -0.145. The van der Waals surface area contributed by atoms with Gasteiger partial charge in [0.15, 0.2) is 11.5 Å². The van der Waals surface area contributed by atoms with Crippen molar-refractivity contribution in [3.05, 3.63) is 17.7 Å². The molecule has 1 N–H and O–H groups in total. The second kappa shape index (κ2) is 8.95. The molecule has 28 heavy (non-hydrogen) atoms. The van der Waals surface area contributed by atoms with Gasteiger partial charge >= 0.3 is 11.9 Å². The maximum absolute atomic E-state index is 12.7. The van der Waals surface area contributed by atoms with Gasteiger partial charge in [-0.15, -0.1) is 0 Å². The van der Waals surface area contributed by atoms with Gasteiger partial charge in [-0.05, 0) is 12.8 Å². The molecular formula is C20H25NO7. The molecule has 0 spiro atoms. The van der Waals surface area contributed by atoms with Crippen LogP contribution in [0.3, 0.4) is 0 Å². The van der Waals surface area contributed by atoms with Crippen molar-refractivity contribution in [1.29, 1.82) is 0 Å². The Bertz CT molecular complexity index is 755. The number of ether oxygens (including phenoxy) is 4. The lowest BCUT2D eigenvalue weighted by atomic mass is 9.88. The van der Waals surface area contributed by atoms with Crippen LogP contribution in [-0.4, -0.2) is 44.8 Å². The second-order valence-corrected chi connectivity index (χ2v) is 6.93. The Morgan fingerprint density at radius 1 is 1.04 bits per heavy atom. The summed E-state index contributed by atoms with van der Waals surface area (Å²) in [6, 6.07) is 2.97. The number of methoxy groups -OCH3 is 2. The summed E-state index contributed by atoms with van der Waals surface area (Å²) in [4.78, 5) is 37.0. The molecule has 1 aromatic rings. The lowest BCUT2D eigenvalue weighted by Gasteiger charge is -2.22. The van der Waals surface area contributed by atoms with Crippen LogP contribution in [0.15, 0.2) is 12.1 Å². The van der Waals surface area contributed by atoms with Crippen LogP contribution in [0.2, 0.25) is 0 Å². The minimum absolute atomic E-state index is 0.0875. The van der Waals surface area contributed by atoms with Crippen LogP contribution in [0.4, 0.5) is 5.69 Å². The average Bonchev–Trinajstić information content (AvgIpc) is 3.12. The van der Waals surface area contributed by atoms with Crippen LogP contribution in [0.5, 0.6) is 11.5 Å². The molecule has 1 atom stereocenters. The largest absolute Gasteiger partial charge is 0.493 e. The molecule has 0 aromatic heterocycles. The smallest absolute Gasteiger partial charge is 0.347 e. The predicted octanol–water partition coefficient (Wildman–Crippen LogP) is 2.69. The van der Waals surface area contributed by atoms with E-state index in [1.54, 1.807) is 0 Å². The van der Waals surface area contributed by atoms with Gasteiger partial charge in [0.25, 0.3) is 0 Å². The van der Waals surface area contributed by atoms with E-state index in [0.717, 1.165) is 32.1 Å². The van der Waals surface area contributed by atoms with E-state index in [9.17, 15) is 14.4 Å². The standard InChI is InChI=1S/C20H25NO7/c1-25-16-10-13(19(23)28-15-8-9-27-20(15)24)14(11-17(16)26-2)21-18(22)12-6-4-3-5-7-12/h10-12,15H,3-9H2,1-2H3,(H,21,22)/t15-/m1/s1. The molecule has 8 heteroatoms. The molecule has 2 aliphatic rings. The van der Waals surface area contributed by atoms with Crippen LogP contribution in [0.1, 0.15) is 48.9 Å². The van der Waals surface area contributed by atoms with Gasteiger partial charge in [-0.1, -0.05) is 19.3 Å². The minimum Gasteiger partial charge on any atom is -0.493 e. The first-order chi connectivity index (χ1) is 13.5. The van der Waals surface area contributed by atoms with E-state index in [1.807, 2.05) is 0 Å². The van der Waals surface area contributed by atoms with E-state index in [0.29, 0.717) is 17.9 Å². The van der Waals surface area contributed by atoms with Crippen LogP contribution in [0.25, 0.3) is 0 Å². The summed E-state index contributed by atoms with van der Waals surface area (Å²) in [5, 5.41) is 2.83. The van der Waals surface area contributed by atoms with E-state index in [-0.39, 0.29) is 29.7 Å². The molecule has 1 amide bonds. The summed E-state index contributed by atoms with van der Waals surface area (Å²) >= 11 is 0. The van der Waals surface area contributed by atoms with E-state index in [2.05, 4.69) is 5.32 Å². The van der Waals surface area contributed by atoms with Gasteiger partial charge in [-0.3, -0.25) is 4.79 Å². The average molecular weight is 391 g/mol. The first-order valence-corrected chi connectivity index (χ1v) is 9.48. The zero-order valence-corrected chi connectivity index (χ0v) is 16.1. The van der Waals surface area contributed by atoms with Crippen LogP contribution < -0.4 is 14.8 Å². The molecule has 8 nitrogen and oxygen atoms in total. The Morgan fingerprint density at radius 2 is 1.71 bits per heavy atom. The Balaban J connectivity index is 1.86. The van der Waals surface area contributed by atoms with Crippen molar-refractivity contribution in [2.75, 3.05) is 26.1 Å². The fourth-order valence-electron chi connectivity index (χ4n) is 3.53. The predicted molar refractivity (Wildman–Crippen MR) is 99.5 cm³/mol. The quantitative estimate of drug-likeness (QED) is 0.744. The highest BCUT2D eigenvalue weighted by Gasteiger charge is 2.32. The molecule has 1 aliphatic carbocycles. The molecule has 2 fully saturated rings. The number of hydrogen-bond donors (Lipinski definition) is 1. The lowest BCUT2D eigenvalue weighted by Crippen LogP contribution is -2.27. The summed E-state index contributed by atoms with van der Waals surface area (Å²) in [6.07, 6.45) is 4.18. The highest BCUT2D eigenvalue weighted by molar-refractivity contribution is 6.03. The van der Waals surface area contributed by atoms with Crippen molar-refractivity contribution in [1.82, 2.24) is 0 Å². The summed E-state index contributed by atoms with van der Waals surface area (Å²) in [7, 11) is 2.92. The van der Waals surface area contributed by atoms with E-state index in [4.69, 9.17) is 18.9 Å². The Kier molecular flexibility index (Phi) is 6.38. The monoisotopic (exact) mass is 391 g/mol. The maximum atomic E-state index is 12.7. The highest BCUT2D eigenvalue weighted by atomic mass is 16.6. The molecule has 1 saturated carbocycles. The van der Waals surface area contributed by atoms with Gasteiger partial charge in [-0.2, -0.15) is 0 Å². The Labute approximate surface area is 163 Å². The Hall–Kier alpha value is -2.77. The molecule has 1 saturated heterocycles. The molecule has 152 valence electrons. The molecule has 1 aliphatic heterocycles. The van der Waals surface area contributed by atoms with Gasteiger partial charge in [0.05, 0.1) is 32.1 Å². The summed E-state index contributed by atoms with van der Waals surface area (Å²) in [6.45, 7) is 0.216. The van der Waals surface area contributed by atoms with Crippen molar-refractivity contribution in [2.24, 2.45) is 5.92 Å². The Morgan fingerprint density at radius 3 is 2.32 bits per heavy atom. The first-order valence-electron chi connectivity index (χ1n) is 9.48. The van der Waals surface area contributed by atoms with Crippen molar-refractivity contribution in [3.63, 3.8) is 0 Å². The maximum Gasteiger partial charge on any atom is 0.347 e. The summed E-state index contributed by atoms with van der Waals surface area (Å²) in [5.74, 6) is -0.834. The molecular weight excluding hydrogens is 366 g/mol. The molecule has 0 bridgehead atoms. The number of anilines is 1. The summed E-state index contributed by atoms with van der Waals surface area (Å²) < 4.78 is 20.7. The molecule has 0 radical (unpaired) electrons. The van der Waals surface area contributed by atoms with Crippen molar-refractivity contribution in [2.45, 2.75) is 44.6 Å². The normalized spacial score (nSPS) is 19.6. The fraction of sp³-hybridized carbons (Fsp3) is 0.550. The number of amides is 1. The molecule has 3 rings (SSSR count). The number of carbonyl (C=O) groups is 3. The van der Waals surface area contributed by atoms with Gasteiger partial charge in [0.1, 0.15) is 0 Å². The summed E-state index contributed by atoms with van der Waals surface area (Å²) in [5.41, 5.74) is 0.367. The second-order valence-electron chi connectivity index (χ2n) is 6.93. The van der Waals surface area contributed by atoms with Gasteiger partial charge in [0.2, 0.25) is 12.0 Å². The van der Waals surface area contributed by atoms with Gasteiger partial charge < -0.3 is 24.3 Å². The van der Waals surface area contributed by atoms with Crippen LogP contribution in [0, 0.1) is 5.92 Å². The number of carbonyl (C=O) groups excluding carboxylic acids is 3. The number of nitrogens with one attached hydrogen (secondary N) is 1. The minimum atomic E-state index is -0.942. The first kappa shape index (κ1) is 20.0. The third-order valence-corrected chi connectivity index (χ3v) is 5.11. The topological polar surface area (TPSA) is 100 Å². The van der Waals surface area contributed by atoms with E-state index < -0.39 is 18.0 Å². The molecule has 1 heterocycles. The zero-order valence-electron chi connectivity index (χ0n) is 16.1. The van der Waals surface area contributed by atoms with Crippen LogP contribution in [-0.2, 0) is 19.1 Å². The fourth-order valence-corrected chi connectivity index (χ4v) is 3.53. The van der Waals surface area contributed by atoms with Crippen LogP contribution >= 0.6 is 0 Å². The number of esters is 2. The van der Waals surface area contributed by atoms with Gasteiger partial charge in [-0.25, -0.2) is 9.59 Å². The van der Waals surface area contributed by atoms with Gasteiger partial charge in [0, 0.05) is 24.5 Å². The number of rotatable bonds is 6. The van der Waals surface area contributed by atoms with Crippen molar-refractivity contribution in [3.8, 4) is 11.5 Å². The van der Waals surface area contributed by atoms with Crippen molar-refractivity contribution >= 4 is 23.5 Å². The number of benzene rings is 1. The highest BCUT2D eigenvalue weighted by Crippen LogP contribution is 2.35. The van der Waals surface area contributed by atoms with E-state index >= 15 is 0 Å².